The summed E-state index contributed by atoms with van der Waals surface area (Å²) in [6.07, 6.45) is 0.397. The molecule has 156 valence electrons. The zero-order valence-electron chi connectivity index (χ0n) is 17.4. The van der Waals surface area contributed by atoms with Crippen molar-refractivity contribution in [2.75, 3.05) is 44.3 Å². The number of hydrogen-bond donors (Lipinski definition) is 1. The Morgan fingerprint density at radius 3 is 2.46 bits per heavy atom. The lowest BCUT2D eigenvalue weighted by atomic mass is 10.1. The third-order valence-electron chi connectivity index (χ3n) is 4.47. The molecule has 0 saturated carbocycles. The van der Waals surface area contributed by atoms with Crippen LogP contribution in [0.3, 0.4) is 0 Å². The predicted molar refractivity (Wildman–Crippen MR) is 109 cm³/mol. The Bertz CT molecular complexity index is 655. The molecule has 1 saturated heterocycles. The van der Waals surface area contributed by atoms with Crippen molar-refractivity contribution in [3.05, 3.63) is 29.8 Å². The quantitative estimate of drug-likeness (QED) is 0.535. The Labute approximate surface area is 167 Å². The fraction of sp³-hybridized carbons (Fsp3) is 0.619. The number of hydrogen-bond acceptors (Lipinski definition) is 6. The Kier molecular flexibility index (Phi) is 7.98. The SMILES string of the molecule is CCOCCN1CCN(c2ccc(CC(N)C(=O)OC(C)(C)C)cc2)C(=O)C1. The van der Waals surface area contributed by atoms with Crippen LogP contribution < -0.4 is 10.6 Å². The second kappa shape index (κ2) is 10.0. The summed E-state index contributed by atoms with van der Waals surface area (Å²) < 4.78 is 10.7. The highest BCUT2D eigenvalue weighted by Gasteiger charge is 2.25. The molecule has 1 heterocycles. The van der Waals surface area contributed by atoms with Crippen LogP contribution in [0.5, 0.6) is 0 Å². The monoisotopic (exact) mass is 391 g/mol. The molecule has 0 radical (unpaired) electrons. The molecule has 1 aliphatic rings. The summed E-state index contributed by atoms with van der Waals surface area (Å²) in [6, 6.07) is 6.93. The van der Waals surface area contributed by atoms with Crippen LogP contribution in [0.4, 0.5) is 5.69 Å². The van der Waals surface area contributed by atoms with Gasteiger partial charge in [0.15, 0.2) is 0 Å². The Morgan fingerprint density at radius 1 is 1.21 bits per heavy atom. The highest BCUT2D eigenvalue weighted by atomic mass is 16.6. The number of rotatable bonds is 8. The van der Waals surface area contributed by atoms with Crippen LogP contribution in [0.2, 0.25) is 0 Å². The predicted octanol–water partition coefficient (Wildman–Crippen LogP) is 1.58. The van der Waals surface area contributed by atoms with Crippen molar-refractivity contribution in [1.29, 1.82) is 0 Å². The summed E-state index contributed by atoms with van der Waals surface area (Å²) >= 11 is 0. The number of carbonyl (C=O) groups excluding carboxylic acids is 2. The van der Waals surface area contributed by atoms with Crippen molar-refractivity contribution in [2.45, 2.75) is 45.8 Å². The van der Waals surface area contributed by atoms with E-state index in [0.717, 1.165) is 24.3 Å². The molecular weight excluding hydrogens is 358 g/mol. The summed E-state index contributed by atoms with van der Waals surface area (Å²) in [7, 11) is 0. The minimum absolute atomic E-state index is 0.0842. The minimum atomic E-state index is -0.708. The molecule has 1 fully saturated rings. The lowest BCUT2D eigenvalue weighted by Gasteiger charge is -2.34. The summed E-state index contributed by atoms with van der Waals surface area (Å²) in [4.78, 5) is 28.4. The van der Waals surface area contributed by atoms with Crippen LogP contribution >= 0.6 is 0 Å². The molecule has 2 N–H and O–H groups in total. The van der Waals surface area contributed by atoms with Gasteiger partial charge in [-0.05, 0) is 51.8 Å². The van der Waals surface area contributed by atoms with Crippen LogP contribution in [-0.4, -0.2) is 67.8 Å². The van der Waals surface area contributed by atoms with E-state index in [-0.39, 0.29) is 5.91 Å². The first-order chi connectivity index (χ1) is 13.2. The highest BCUT2D eigenvalue weighted by Crippen LogP contribution is 2.19. The second-order valence-corrected chi connectivity index (χ2v) is 8.03. The first-order valence-electron chi connectivity index (χ1n) is 9.87. The van der Waals surface area contributed by atoms with E-state index < -0.39 is 17.6 Å². The van der Waals surface area contributed by atoms with E-state index in [1.165, 1.54) is 0 Å². The number of amides is 1. The number of esters is 1. The van der Waals surface area contributed by atoms with Crippen LogP contribution in [0.25, 0.3) is 0 Å². The average molecular weight is 392 g/mol. The van der Waals surface area contributed by atoms with E-state index in [1.54, 1.807) is 4.90 Å². The molecule has 1 aromatic rings. The van der Waals surface area contributed by atoms with Gasteiger partial charge in [-0.1, -0.05) is 12.1 Å². The van der Waals surface area contributed by atoms with Crippen molar-refractivity contribution in [3.8, 4) is 0 Å². The van der Waals surface area contributed by atoms with Gasteiger partial charge in [-0.25, -0.2) is 0 Å². The summed E-state index contributed by atoms with van der Waals surface area (Å²) in [5.41, 5.74) is 7.22. The maximum Gasteiger partial charge on any atom is 0.323 e. The molecular formula is C21H33N3O4. The van der Waals surface area contributed by atoms with E-state index >= 15 is 0 Å². The Balaban J connectivity index is 1.88. The molecule has 0 bridgehead atoms. The number of nitrogens with zero attached hydrogens (tertiary/aromatic N) is 2. The molecule has 7 heteroatoms. The number of benzene rings is 1. The topological polar surface area (TPSA) is 85.1 Å². The highest BCUT2D eigenvalue weighted by molar-refractivity contribution is 5.95. The second-order valence-electron chi connectivity index (χ2n) is 8.03. The number of piperazine rings is 1. The van der Waals surface area contributed by atoms with Crippen molar-refractivity contribution in [3.63, 3.8) is 0 Å². The third kappa shape index (κ3) is 6.89. The fourth-order valence-electron chi connectivity index (χ4n) is 3.05. The largest absolute Gasteiger partial charge is 0.459 e. The van der Waals surface area contributed by atoms with Crippen molar-refractivity contribution < 1.29 is 19.1 Å². The molecule has 28 heavy (non-hydrogen) atoms. The lowest BCUT2D eigenvalue weighted by molar-refractivity contribution is -0.156. The molecule has 1 aliphatic heterocycles. The summed E-state index contributed by atoms with van der Waals surface area (Å²) in [5, 5.41) is 0. The number of nitrogens with two attached hydrogens (primary N) is 1. The van der Waals surface area contributed by atoms with Gasteiger partial charge >= 0.3 is 5.97 Å². The number of ether oxygens (including phenoxy) is 2. The third-order valence-corrected chi connectivity index (χ3v) is 4.47. The minimum Gasteiger partial charge on any atom is -0.459 e. The zero-order chi connectivity index (χ0) is 20.7. The molecule has 1 atom stereocenters. The Morgan fingerprint density at radius 2 is 1.89 bits per heavy atom. The van der Waals surface area contributed by atoms with E-state index in [1.807, 2.05) is 52.0 Å². The standard InChI is InChI=1S/C21H33N3O4/c1-5-27-13-12-23-10-11-24(19(25)15-23)17-8-6-16(7-9-17)14-18(22)20(26)28-21(2,3)4/h6-9,18H,5,10-15,22H2,1-4H3. The Hall–Kier alpha value is -1.96. The van der Waals surface area contributed by atoms with Gasteiger partial charge in [-0.2, -0.15) is 0 Å². The van der Waals surface area contributed by atoms with Gasteiger partial charge in [0.1, 0.15) is 11.6 Å². The van der Waals surface area contributed by atoms with Gasteiger partial charge in [0.2, 0.25) is 5.91 Å². The van der Waals surface area contributed by atoms with Crippen molar-refractivity contribution >= 4 is 17.6 Å². The zero-order valence-corrected chi connectivity index (χ0v) is 17.4. The molecule has 1 amide bonds. The van der Waals surface area contributed by atoms with Gasteiger partial charge in [0.05, 0.1) is 13.2 Å². The van der Waals surface area contributed by atoms with Gasteiger partial charge in [0.25, 0.3) is 0 Å². The van der Waals surface area contributed by atoms with Crippen LogP contribution in [0.15, 0.2) is 24.3 Å². The molecule has 0 aliphatic carbocycles. The van der Waals surface area contributed by atoms with Gasteiger partial charge in [-0.15, -0.1) is 0 Å². The first-order valence-corrected chi connectivity index (χ1v) is 9.87. The van der Waals surface area contributed by atoms with E-state index in [4.69, 9.17) is 15.2 Å². The van der Waals surface area contributed by atoms with E-state index in [2.05, 4.69) is 4.90 Å². The number of carbonyl (C=O) groups is 2. The summed E-state index contributed by atoms with van der Waals surface area (Å²) in [5.74, 6) is -0.323. The van der Waals surface area contributed by atoms with Gasteiger partial charge in [0, 0.05) is 31.9 Å². The normalized spacial score (nSPS) is 16.9. The van der Waals surface area contributed by atoms with E-state index in [0.29, 0.717) is 32.7 Å². The van der Waals surface area contributed by atoms with Crippen molar-refractivity contribution in [1.82, 2.24) is 4.90 Å². The van der Waals surface area contributed by atoms with Crippen LogP contribution in [0, 0.1) is 0 Å². The molecule has 7 nitrogen and oxygen atoms in total. The smallest absolute Gasteiger partial charge is 0.323 e. The van der Waals surface area contributed by atoms with Gasteiger partial charge < -0.3 is 20.1 Å². The molecule has 1 unspecified atom stereocenters. The number of anilines is 1. The molecule has 0 aromatic heterocycles. The van der Waals surface area contributed by atoms with Gasteiger partial charge in [-0.3, -0.25) is 14.5 Å². The molecule has 2 rings (SSSR count). The molecule has 0 spiro atoms. The fourth-order valence-corrected chi connectivity index (χ4v) is 3.05. The maximum atomic E-state index is 12.5. The van der Waals surface area contributed by atoms with Crippen LogP contribution in [-0.2, 0) is 25.5 Å². The van der Waals surface area contributed by atoms with E-state index in [9.17, 15) is 9.59 Å². The lowest BCUT2D eigenvalue weighted by Crippen LogP contribution is -2.51. The average Bonchev–Trinajstić information content (AvgIpc) is 2.61. The maximum absolute atomic E-state index is 12.5. The molecule has 1 aromatic carbocycles. The first kappa shape index (κ1) is 22.3. The van der Waals surface area contributed by atoms with Crippen LogP contribution in [0.1, 0.15) is 33.3 Å². The summed E-state index contributed by atoms with van der Waals surface area (Å²) in [6.45, 7) is 11.4. The van der Waals surface area contributed by atoms with Crippen molar-refractivity contribution in [2.24, 2.45) is 5.73 Å².